The molecule has 0 spiro atoms. The molecule has 2 rings (SSSR count). The number of imidazole rings is 1. The van der Waals surface area contributed by atoms with Crippen molar-refractivity contribution in [3.05, 3.63) is 11.6 Å². The van der Waals surface area contributed by atoms with Gasteiger partial charge in [0.15, 0.2) is 11.5 Å². The number of aromatic nitrogens is 4. The van der Waals surface area contributed by atoms with Crippen LogP contribution in [0.25, 0.3) is 11.2 Å². The van der Waals surface area contributed by atoms with Gasteiger partial charge < -0.3 is 15.1 Å². The van der Waals surface area contributed by atoms with Crippen molar-refractivity contribution in [1.82, 2.24) is 19.5 Å². The molecule has 2 aromatic rings. The van der Waals surface area contributed by atoms with Gasteiger partial charge in [-0.15, -0.1) is 0 Å². The number of unbranched alkanes of at least 4 members (excludes halogenated alkanes) is 3. The number of carbonyl (C=O) groups excluding carboxylic acids is 1. The quantitative estimate of drug-likeness (QED) is 0.490. The average molecular weight is 268 g/mol. The lowest BCUT2D eigenvalue weighted by atomic mass is 10.2. The van der Waals surface area contributed by atoms with Gasteiger partial charge in [0.05, 0.1) is 6.33 Å². The molecule has 7 heteroatoms. The maximum absolute atomic E-state index is 10.2. The van der Waals surface area contributed by atoms with Crippen molar-refractivity contribution < 1.29 is 4.79 Å². The van der Waals surface area contributed by atoms with Crippen LogP contribution in [0.3, 0.4) is 0 Å². The number of nitrogens with zero attached hydrogens (tertiary/aromatic N) is 4. The Balaban J connectivity index is 2.07. The molecule has 0 aromatic carbocycles. The van der Waals surface area contributed by atoms with E-state index in [0.29, 0.717) is 23.4 Å². The number of hydrogen-bond acceptors (Lipinski definition) is 5. The van der Waals surface area contributed by atoms with E-state index in [2.05, 4.69) is 15.0 Å². The highest BCUT2D eigenvalue weighted by molar-refractivity contribution is 6.28. The Labute approximate surface area is 109 Å². The lowest BCUT2D eigenvalue weighted by Gasteiger charge is -2.03. The molecular formula is C11H14ClN5O. The highest BCUT2D eigenvalue weighted by Gasteiger charge is 2.09. The first kappa shape index (κ1) is 12.8. The Kier molecular flexibility index (Phi) is 4.09. The standard InChI is InChI=1S/C11H14ClN5O/c12-11-15-9(13)8-10(16-11)17(7-14-8)5-3-1-2-4-6-18/h6-7H,1-5H2,(H2,13,15,16). The average Bonchev–Trinajstić information content (AvgIpc) is 2.72. The normalized spacial score (nSPS) is 10.9. The van der Waals surface area contributed by atoms with E-state index < -0.39 is 0 Å². The molecule has 0 bridgehead atoms. The molecule has 0 saturated carbocycles. The molecule has 2 N–H and O–H groups in total. The Bertz CT molecular complexity index is 554. The minimum Gasteiger partial charge on any atom is -0.382 e. The number of rotatable bonds is 6. The minimum absolute atomic E-state index is 0.128. The van der Waals surface area contributed by atoms with E-state index in [-0.39, 0.29) is 5.28 Å². The van der Waals surface area contributed by atoms with Crippen LogP contribution in [0.4, 0.5) is 5.82 Å². The third kappa shape index (κ3) is 2.76. The van der Waals surface area contributed by atoms with Gasteiger partial charge in [0.1, 0.15) is 11.8 Å². The summed E-state index contributed by atoms with van der Waals surface area (Å²) in [5.41, 5.74) is 6.95. The lowest BCUT2D eigenvalue weighted by molar-refractivity contribution is -0.107. The van der Waals surface area contributed by atoms with Crippen LogP contribution in [0.5, 0.6) is 0 Å². The second-order valence-corrected chi connectivity index (χ2v) is 4.34. The third-order valence-electron chi connectivity index (χ3n) is 2.68. The van der Waals surface area contributed by atoms with Gasteiger partial charge in [0, 0.05) is 13.0 Å². The Morgan fingerprint density at radius 3 is 2.94 bits per heavy atom. The predicted molar refractivity (Wildman–Crippen MR) is 69.3 cm³/mol. The summed E-state index contributed by atoms with van der Waals surface area (Å²) in [5.74, 6) is 0.296. The van der Waals surface area contributed by atoms with Gasteiger partial charge in [-0.2, -0.15) is 9.97 Å². The van der Waals surface area contributed by atoms with Gasteiger partial charge in [0.2, 0.25) is 5.28 Å². The van der Waals surface area contributed by atoms with Crippen LogP contribution in [0.1, 0.15) is 25.7 Å². The maximum atomic E-state index is 10.2. The molecule has 2 aromatic heterocycles. The molecule has 0 radical (unpaired) electrons. The number of aryl methyl sites for hydroxylation is 1. The van der Waals surface area contributed by atoms with Gasteiger partial charge in [-0.3, -0.25) is 0 Å². The zero-order valence-corrected chi connectivity index (χ0v) is 10.6. The number of fused-ring (bicyclic) bond motifs is 1. The molecule has 18 heavy (non-hydrogen) atoms. The molecule has 2 heterocycles. The molecule has 0 aliphatic heterocycles. The highest BCUT2D eigenvalue weighted by atomic mass is 35.5. The van der Waals surface area contributed by atoms with Crippen LogP contribution in [0, 0.1) is 0 Å². The summed E-state index contributed by atoms with van der Waals surface area (Å²) < 4.78 is 1.90. The number of hydrogen-bond donors (Lipinski definition) is 1. The van der Waals surface area contributed by atoms with Gasteiger partial charge in [-0.25, -0.2) is 4.98 Å². The van der Waals surface area contributed by atoms with Crippen LogP contribution in [0.15, 0.2) is 6.33 Å². The summed E-state index contributed by atoms with van der Waals surface area (Å²) in [7, 11) is 0. The molecule has 0 aliphatic rings. The van der Waals surface area contributed by atoms with Crippen LogP contribution in [-0.2, 0) is 11.3 Å². The van der Waals surface area contributed by atoms with Crippen LogP contribution in [-0.4, -0.2) is 25.8 Å². The van der Waals surface area contributed by atoms with E-state index in [0.717, 1.165) is 32.1 Å². The summed E-state index contributed by atoms with van der Waals surface area (Å²) in [4.78, 5) is 22.3. The van der Waals surface area contributed by atoms with Crippen molar-refractivity contribution in [3.63, 3.8) is 0 Å². The van der Waals surface area contributed by atoms with E-state index in [1.165, 1.54) is 0 Å². The fraction of sp³-hybridized carbons (Fsp3) is 0.455. The first-order chi connectivity index (χ1) is 8.72. The zero-order valence-electron chi connectivity index (χ0n) is 9.84. The fourth-order valence-corrected chi connectivity index (χ4v) is 1.96. The summed E-state index contributed by atoms with van der Waals surface area (Å²) in [6.07, 6.45) is 6.11. The zero-order chi connectivity index (χ0) is 13.0. The largest absolute Gasteiger partial charge is 0.382 e. The van der Waals surface area contributed by atoms with E-state index >= 15 is 0 Å². The van der Waals surface area contributed by atoms with Gasteiger partial charge >= 0.3 is 0 Å². The first-order valence-corrected chi connectivity index (χ1v) is 6.17. The lowest BCUT2D eigenvalue weighted by Crippen LogP contribution is -2.00. The SMILES string of the molecule is Nc1nc(Cl)nc2c1ncn2CCCCCC=O. The van der Waals surface area contributed by atoms with Crippen molar-refractivity contribution in [3.8, 4) is 0 Å². The van der Waals surface area contributed by atoms with Gasteiger partial charge in [0.25, 0.3) is 0 Å². The molecule has 0 saturated heterocycles. The van der Waals surface area contributed by atoms with E-state index in [1.807, 2.05) is 4.57 Å². The predicted octanol–water partition coefficient (Wildman–Crippen LogP) is 1.82. The van der Waals surface area contributed by atoms with Gasteiger partial charge in [-0.1, -0.05) is 6.42 Å². The Morgan fingerprint density at radius 2 is 2.17 bits per heavy atom. The van der Waals surface area contributed by atoms with Crippen LogP contribution < -0.4 is 5.73 Å². The van der Waals surface area contributed by atoms with Crippen molar-refractivity contribution in [2.75, 3.05) is 5.73 Å². The number of aldehydes is 1. The molecule has 6 nitrogen and oxygen atoms in total. The Morgan fingerprint density at radius 1 is 1.33 bits per heavy atom. The van der Waals surface area contributed by atoms with Crippen LogP contribution >= 0.6 is 11.6 Å². The summed E-state index contributed by atoms with van der Waals surface area (Å²) in [5, 5.41) is 0.128. The summed E-state index contributed by atoms with van der Waals surface area (Å²) in [6, 6.07) is 0. The number of nitrogen functional groups attached to an aromatic ring is 1. The van der Waals surface area contributed by atoms with Crippen LogP contribution in [0.2, 0.25) is 5.28 Å². The molecule has 0 amide bonds. The minimum atomic E-state index is 0.128. The first-order valence-electron chi connectivity index (χ1n) is 5.80. The molecule has 0 atom stereocenters. The third-order valence-corrected chi connectivity index (χ3v) is 2.85. The van der Waals surface area contributed by atoms with E-state index in [4.69, 9.17) is 17.3 Å². The number of nitrogens with two attached hydrogens (primary N) is 1. The molecule has 96 valence electrons. The molecule has 0 fully saturated rings. The summed E-state index contributed by atoms with van der Waals surface area (Å²) in [6.45, 7) is 0.780. The van der Waals surface area contributed by atoms with Crippen molar-refractivity contribution >= 4 is 34.9 Å². The second-order valence-electron chi connectivity index (χ2n) is 4.00. The van der Waals surface area contributed by atoms with E-state index in [1.54, 1.807) is 6.33 Å². The number of anilines is 1. The number of carbonyl (C=O) groups is 1. The van der Waals surface area contributed by atoms with Crippen molar-refractivity contribution in [2.45, 2.75) is 32.2 Å². The summed E-state index contributed by atoms with van der Waals surface area (Å²) >= 11 is 5.77. The van der Waals surface area contributed by atoms with E-state index in [9.17, 15) is 4.79 Å². The monoisotopic (exact) mass is 267 g/mol. The van der Waals surface area contributed by atoms with Gasteiger partial charge in [-0.05, 0) is 24.4 Å². The second kappa shape index (κ2) is 5.77. The molecule has 0 unspecified atom stereocenters. The molecule has 0 aliphatic carbocycles. The van der Waals surface area contributed by atoms with Crippen molar-refractivity contribution in [1.29, 1.82) is 0 Å². The Hall–Kier alpha value is -1.69. The molecular weight excluding hydrogens is 254 g/mol. The number of halogens is 1. The van der Waals surface area contributed by atoms with Crippen molar-refractivity contribution in [2.24, 2.45) is 0 Å². The maximum Gasteiger partial charge on any atom is 0.226 e. The topological polar surface area (TPSA) is 86.7 Å². The smallest absolute Gasteiger partial charge is 0.226 e. The fourth-order valence-electron chi connectivity index (χ4n) is 1.79. The highest BCUT2D eigenvalue weighted by Crippen LogP contribution is 2.18.